The van der Waals surface area contributed by atoms with Crippen molar-refractivity contribution >= 4 is 33.4 Å². The van der Waals surface area contributed by atoms with Gasteiger partial charge < -0.3 is 0 Å². The van der Waals surface area contributed by atoms with E-state index in [1.807, 2.05) is 26.0 Å². The van der Waals surface area contributed by atoms with E-state index in [0.717, 1.165) is 15.6 Å². The summed E-state index contributed by atoms with van der Waals surface area (Å²) in [6.45, 7) is 3.80. The van der Waals surface area contributed by atoms with Gasteiger partial charge in [-0.05, 0) is 49.2 Å². The average Bonchev–Trinajstić information content (AvgIpc) is 2.64. The lowest BCUT2D eigenvalue weighted by Crippen LogP contribution is -2.30. The first-order valence-electron chi connectivity index (χ1n) is 6.25. The number of benzene rings is 2. The second kappa shape index (κ2) is 4.56. The van der Waals surface area contributed by atoms with Gasteiger partial charge in [0.05, 0.1) is 16.8 Å². The van der Waals surface area contributed by atoms with Gasteiger partial charge in [0.25, 0.3) is 11.8 Å². The molecule has 0 radical (unpaired) electrons. The van der Waals surface area contributed by atoms with Crippen LogP contribution in [0.15, 0.2) is 40.9 Å². The molecule has 0 saturated heterocycles. The van der Waals surface area contributed by atoms with Gasteiger partial charge in [-0.15, -0.1) is 0 Å². The maximum atomic E-state index is 12.5. The number of halogens is 1. The Kier molecular flexibility index (Phi) is 2.98. The number of imide groups is 1. The first kappa shape index (κ1) is 13.1. The van der Waals surface area contributed by atoms with Crippen molar-refractivity contribution in [2.75, 3.05) is 4.90 Å². The fourth-order valence-corrected chi connectivity index (χ4v) is 3.33. The maximum absolute atomic E-state index is 12.5. The summed E-state index contributed by atoms with van der Waals surface area (Å²) in [5, 5.41) is 0. The molecule has 0 bridgehead atoms. The minimum atomic E-state index is -0.251. The van der Waals surface area contributed by atoms with E-state index in [1.165, 1.54) is 4.90 Å². The Bertz CT molecular complexity index is 694. The number of nitrogens with zero attached hydrogens (tertiary/aromatic N) is 1. The van der Waals surface area contributed by atoms with Gasteiger partial charge in [0.15, 0.2) is 0 Å². The quantitative estimate of drug-likeness (QED) is 0.745. The minimum Gasteiger partial charge on any atom is -0.268 e. The van der Waals surface area contributed by atoms with Gasteiger partial charge in [-0.2, -0.15) is 0 Å². The SMILES string of the molecule is Cc1cc(Br)cc(C)c1N1C(=O)c2ccccc2C1=O. The van der Waals surface area contributed by atoms with Gasteiger partial charge in [-0.1, -0.05) is 28.1 Å². The van der Waals surface area contributed by atoms with Crippen LogP contribution in [0, 0.1) is 13.8 Å². The number of anilines is 1. The molecule has 2 amide bonds. The normalized spacial score (nSPS) is 13.8. The number of hydrogen-bond donors (Lipinski definition) is 0. The van der Waals surface area contributed by atoms with E-state index in [9.17, 15) is 9.59 Å². The van der Waals surface area contributed by atoms with Crippen LogP contribution in [-0.2, 0) is 0 Å². The molecule has 0 aliphatic carbocycles. The molecule has 0 spiro atoms. The highest BCUT2D eigenvalue weighted by Crippen LogP contribution is 2.34. The van der Waals surface area contributed by atoms with Crippen LogP contribution in [0.5, 0.6) is 0 Å². The average molecular weight is 330 g/mol. The highest BCUT2D eigenvalue weighted by molar-refractivity contribution is 9.10. The molecular weight excluding hydrogens is 318 g/mol. The van der Waals surface area contributed by atoms with E-state index in [1.54, 1.807) is 24.3 Å². The summed E-state index contributed by atoms with van der Waals surface area (Å²) in [4.78, 5) is 26.3. The van der Waals surface area contributed by atoms with Crippen molar-refractivity contribution in [2.24, 2.45) is 0 Å². The predicted octanol–water partition coefficient (Wildman–Crippen LogP) is 3.87. The van der Waals surface area contributed by atoms with Gasteiger partial charge in [-0.25, -0.2) is 4.90 Å². The molecule has 0 N–H and O–H groups in total. The van der Waals surface area contributed by atoms with Crippen molar-refractivity contribution in [1.29, 1.82) is 0 Å². The van der Waals surface area contributed by atoms with E-state index in [4.69, 9.17) is 0 Å². The third kappa shape index (κ3) is 1.79. The standard InChI is InChI=1S/C16H12BrNO2/c1-9-7-11(17)8-10(2)14(9)18-15(19)12-5-3-4-6-13(12)16(18)20/h3-8H,1-2H3. The summed E-state index contributed by atoms with van der Waals surface area (Å²) in [6.07, 6.45) is 0. The topological polar surface area (TPSA) is 37.4 Å². The Balaban J connectivity index is 2.19. The summed E-state index contributed by atoms with van der Waals surface area (Å²) in [5.41, 5.74) is 3.41. The lowest BCUT2D eigenvalue weighted by molar-refractivity contribution is 0.0925. The lowest BCUT2D eigenvalue weighted by atomic mass is 10.1. The predicted molar refractivity (Wildman–Crippen MR) is 81.2 cm³/mol. The fourth-order valence-electron chi connectivity index (χ4n) is 2.65. The number of aryl methyl sites for hydroxylation is 2. The van der Waals surface area contributed by atoms with Crippen LogP contribution in [-0.4, -0.2) is 11.8 Å². The maximum Gasteiger partial charge on any atom is 0.266 e. The van der Waals surface area contributed by atoms with Gasteiger partial charge >= 0.3 is 0 Å². The molecule has 1 aliphatic rings. The van der Waals surface area contributed by atoms with Crippen molar-refractivity contribution in [3.05, 3.63) is 63.1 Å². The second-order valence-corrected chi connectivity index (χ2v) is 5.80. The van der Waals surface area contributed by atoms with Gasteiger partial charge in [-0.3, -0.25) is 9.59 Å². The number of fused-ring (bicyclic) bond motifs is 1. The Morgan fingerprint density at radius 1 is 0.900 bits per heavy atom. The summed E-state index contributed by atoms with van der Waals surface area (Å²) in [5.74, 6) is -0.502. The van der Waals surface area contributed by atoms with E-state index < -0.39 is 0 Å². The number of carbonyl (C=O) groups is 2. The molecule has 3 rings (SSSR count). The lowest BCUT2D eigenvalue weighted by Gasteiger charge is -2.19. The molecule has 0 saturated carbocycles. The smallest absolute Gasteiger partial charge is 0.266 e. The van der Waals surface area contributed by atoms with Crippen LogP contribution in [0.3, 0.4) is 0 Å². The zero-order chi connectivity index (χ0) is 14.4. The molecule has 4 heteroatoms. The monoisotopic (exact) mass is 329 g/mol. The molecule has 1 aliphatic heterocycles. The van der Waals surface area contributed by atoms with Gasteiger partial charge in [0.1, 0.15) is 0 Å². The van der Waals surface area contributed by atoms with Gasteiger partial charge in [0.2, 0.25) is 0 Å². The van der Waals surface area contributed by atoms with Crippen LogP contribution < -0.4 is 4.90 Å². The molecule has 2 aromatic rings. The minimum absolute atomic E-state index is 0.251. The summed E-state index contributed by atoms with van der Waals surface area (Å²) in [7, 11) is 0. The van der Waals surface area contributed by atoms with Crippen molar-refractivity contribution < 1.29 is 9.59 Å². The van der Waals surface area contributed by atoms with Crippen molar-refractivity contribution in [1.82, 2.24) is 0 Å². The highest BCUT2D eigenvalue weighted by Gasteiger charge is 2.37. The zero-order valence-electron chi connectivity index (χ0n) is 11.1. The Morgan fingerprint density at radius 2 is 1.35 bits per heavy atom. The fraction of sp³-hybridized carbons (Fsp3) is 0.125. The Hall–Kier alpha value is -1.94. The zero-order valence-corrected chi connectivity index (χ0v) is 12.7. The number of hydrogen-bond acceptors (Lipinski definition) is 2. The largest absolute Gasteiger partial charge is 0.268 e. The van der Waals surface area contributed by atoms with E-state index >= 15 is 0 Å². The Morgan fingerprint density at radius 3 is 1.80 bits per heavy atom. The third-order valence-corrected chi connectivity index (χ3v) is 3.93. The molecule has 0 fully saturated rings. The second-order valence-electron chi connectivity index (χ2n) is 4.88. The molecule has 0 unspecified atom stereocenters. The summed E-state index contributed by atoms with van der Waals surface area (Å²) >= 11 is 3.43. The molecule has 2 aromatic carbocycles. The summed E-state index contributed by atoms with van der Waals surface area (Å²) in [6, 6.07) is 10.7. The first-order valence-corrected chi connectivity index (χ1v) is 7.04. The third-order valence-electron chi connectivity index (χ3n) is 3.47. The van der Waals surface area contributed by atoms with Crippen LogP contribution in [0.4, 0.5) is 5.69 Å². The van der Waals surface area contributed by atoms with E-state index in [-0.39, 0.29) is 11.8 Å². The van der Waals surface area contributed by atoms with E-state index in [2.05, 4.69) is 15.9 Å². The first-order chi connectivity index (χ1) is 9.50. The van der Waals surface area contributed by atoms with Crippen LogP contribution in [0.2, 0.25) is 0 Å². The van der Waals surface area contributed by atoms with Crippen molar-refractivity contribution in [3.8, 4) is 0 Å². The molecule has 1 heterocycles. The van der Waals surface area contributed by atoms with Crippen LogP contribution >= 0.6 is 15.9 Å². The molecule has 0 atom stereocenters. The Labute approximate surface area is 125 Å². The highest BCUT2D eigenvalue weighted by atomic mass is 79.9. The van der Waals surface area contributed by atoms with Crippen molar-refractivity contribution in [3.63, 3.8) is 0 Å². The molecule has 100 valence electrons. The molecule has 20 heavy (non-hydrogen) atoms. The number of amides is 2. The van der Waals surface area contributed by atoms with Crippen LogP contribution in [0.1, 0.15) is 31.8 Å². The molecular formula is C16H12BrNO2. The van der Waals surface area contributed by atoms with Gasteiger partial charge in [0, 0.05) is 4.47 Å². The molecule has 0 aromatic heterocycles. The van der Waals surface area contributed by atoms with Crippen molar-refractivity contribution in [2.45, 2.75) is 13.8 Å². The summed E-state index contributed by atoms with van der Waals surface area (Å²) < 4.78 is 0.938. The van der Waals surface area contributed by atoms with E-state index in [0.29, 0.717) is 16.8 Å². The van der Waals surface area contributed by atoms with Crippen LogP contribution in [0.25, 0.3) is 0 Å². The number of rotatable bonds is 1. The number of carbonyl (C=O) groups excluding carboxylic acids is 2. The molecule has 3 nitrogen and oxygen atoms in total.